The van der Waals surface area contributed by atoms with Gasteiger partial charge in [-0.2, -0.15) is 5.10 Å². The summed E-state index contributed by atoms with van der Waals surface area (Å²) in [5.74, 6) is 0.362. The zero-order valence-corrected chi connectivity index (χ0v) is 25.9. The van der Waals surface area contributed by atoms with Crippen LogP contribution >= 0.6 is 22.9 Å². The van der Waals surface area contributed by atoms with E-state index in [0.717, 1.165) is 29.7 Å². The molecule has 5 rings (SSSR count). The molecule has 3 heterocycles. The van der Waals surface area contributed by atoms with Crippen molar-refractivity contribution in [3.05, 3.63) is 90.9 Å². The highest BCUT2D eigenvalue weighted by Crippen LogP contribution is 2.26. The molecule has 0 N–H and O–H groups in total. The largest absolute Gasteiger partial charge is 0.341 e. The van der Waals surface area contributed by atoms with Crippen LogP contribution in [0.1, 0.15) is 46.1 Å². The Labute approximate surface area is 254 Å². The molecule has 0 unspecified atom stereocenters. The van der Waals surface area contributed by atoms with Crippen molar-refractivity contribution >= 4 is 46.8 Å². The summed E-state index contributed by atoms with van der Waals surface area (Å²) in [7, 11) is 0. The van der Waals surface area contributed by atoms with Gasteiger partial charge in [0.1, 0.15) is 16.9 Å². The van der Waals surface area contributed by atoms with E-state index in [9.17, 15) is 14.4 Å². The maximum absolute atomic E-state index is 13.9. The molecule has 0 radical (unpaired) electrons. The Balaban J connectivity index is 1.65. The highest BCUT2D eigenvalue weighted by atomic mass is 35.5. The molecule has 1 saturated heterocycles. The predicted octanol–water partition coefficient (Wildman–Crippen LogP) is 4.90. The standard InChI is InChI=1S/C33H35ClN4O3S/c1-22-13-15-36(16-14-22)29(40)21-37-30(19-28(39)33(2,3)4)42-27(32(37)41)18-24-20-38(26-11-6-5-7-12-26)35-31(24)23-9-8-10-25(34)17-23/h5-12,17-20,22H,13-16,21H2,1-4H3. The van der Waals surface area contributed by atoms with E-state index in [0.29, 0.717) is 38.9 Å². The van der Waals surface area contributed by atoms with Crippen LogP contribution in [0.2, 0.25) is 5.02 Å². The van der Waals surface area contributed by atoms with Gasteiger partial charge in [-0.1, -0.05) is 69.6 Å². The maximum Gasteiger partial charge on any atom is 0.269 e. The van der Waals surface area contributed by atoms with Crippen LogP contribution in [0.3, 0.4) is 0 Å². The third kappa shape index (κ3) is 6.66. The van der Waals surface area contributed by atoms with Crippen molar-refractivity contribution in [2.75, 3.05) is 13.1 Å². The average Bonchev–Trinajstić information content (AvgIpc) is 3.50. The fourth-order valence-electron chi connectivity index (χ4n) is 4.82. The molecule has 0 atom stereocenters. The van der Waals surface area contributed by atoms with E-state index in [1.807, 2.05) is 80.4 Å². The first kappa shape index (κ1) is 29.7. The highest BCUT2D eigenvalue weighted by molar-refractivity contribution is 7.07. The number of ketones is 1. The molecule has 42 heavy (non-hydrogen) atoms. The topological polar surface area (TPSA) is 77.2 Å². The number of carbonyl (C=O) groups excluding carboxylic acids is 2. The molecule has 0 bridgehead atoms. The first-order chi connectivity index (χ1) is 20.0. The first-order valence-electron chi connectivity index (χ1n) is 14.2. The summed E-state index contributed by atoms with van der Waals surface area (Å²) in [6, 6.07) is 17.1. The second-order valence-corrected chi connectivity index (χ2v) is 13.4. The van der Waals surface area contributed by atoms with Crippen LogP contribution < -0.4 is 14.8 Å². The summed E-state index contributed by atoms with van der Waals surface area (Å²) in [5, 5.41) is 5.42. The molecular weight excluding hydrogens is 568 g/mol. The Hall–Kier alpha value is -3.75. The van der Waals surface area contributed by atoms with Crippen LogP contribution in [0.25, 0.3) is 29.1 Å². The van der Waals surface area contributed by atoms with Crippen molar-refractivity contribution < 1.29 is 9.59 Å². The third-order valence-electron chi connectivity index (χ3n) is 7.51. The summed E-state index contributed by atoms with van der Waals surface area (Å²) < 4.78 is 4.09. The zero-order valence-electron chi connectivity index (χ0n) is 24.3. The van der Waals surface area contributed by atoms with Crippen LogP contribution in [0.5, 0.6) is 0 Å². The lowest BCUT2D eigenvalue weighted by Crippen LogP contribution is -2.43. The fourth-order valence-corrected chi connectivity index (χ4v) is 6.04. The van der Waals surface area contributed by atoms with Gasteiger partial charge in [0.2, 0.25) is 5.91 Å². The maximum atomic E-state index is 13.9. The van der Waals surface area contributed by atoms with Crippen LogP contribution in [0.15, 0.2) is 65.6 Å². The van der Waals surface area contributed by atoms with Crippen molar-refractivity contribution in [3.63, 3.8) is 0 Å². The van der Waals surface area contributed by atoms with E-state index in [-0.39, 0.29) is 23.8 Å². The molecule has 7 nitrogen and oxygen atoms in total. The van der Waals surface area contributed by atoms with Crippen molar-refractivity contribution in [2.45, 2.75) is 47.1 Å². The molecule has 0 spiro atoms. The van der Waals surface area contributed by atoms with Gasteiger partial charge in [0.05, 0.1) is 10.2 Å². The molecule has 1 fully saturated rings. The van der Waals surface area contributed by atoms with E-state index < -0.39 is 5.41 Å². The van der Waals surface area contributed by atoms with Gasteiger partial charge in [0.15, 0.2) is 5.78 Å². The van der Waals surface area contributed by atoms with Crippen LogP contribution in [-0.4, -0.2) is 44.0 Å². The van der Waals surface area contributed by atoms with Gasteiger partial charge in [0, 0.05) is 46.9 Å². The number of thiazole rings is 1. The van der Waals surface area contributed by atoms with E-state index in [2.05, 4.69) is 6.92 Å². The Bertz CT molecular complexity index is 1790. The van der Waals surface area contributed by atoms with E-state index >= 15 is 0 Å². The number of para-hydroxylation sites is 1. The minimum Gasteiger partial charge on any atom is -0.341 e. The van der Waals surface area contributed by atoms with Gasteiger partial charge >= 0.3 is 0 Å². The van der Waals surface area contributed by atoms with Crippen molar-refractivity contribution in [2.24, 2.45) is 11.3 Å². The van der Waals surface area contributed by atoms with Gasteiger partial charge in [-0.3, -0.25) is 19.0 Å². The van der Waals surface area contributed by atoms with E-state index in [1.165, 1.54) is 22.0 Å². The second kappa shape index (κ2) is 12.2. The number of hydrogen-bond donors (Lipinski definition) is 0. The van der Waals surface area contributed by atoms with Crippen LogP contribution in [0.4, 0.5) is 0 Å². The number of hydrogen-bond acceptors (Lipinski definition) is 5. The molecule has 1 aliphatic heterocycles. The molecule has 4 aromatic rings. The lowest BCUT2D eigenvalue weighted by molar-refractivity contribution is -0.133. The molecule has 1 amide bonds. The number of Topliss-reactive ketones (excluding diaryl/α,β-unsaturated/α-hetero) is 1. The molecular formula is C33H35ClN4O3S. The summed E-state index contributed by atoms with van der Waals surface area (Å²) in [6.07, 6.45) is 7.06. The number of carbonyl (C=O) groups is 2. The van der Waals surface area contributed by atoms with Gasteiger partial charge in [0.25, 0.3) is 5.56 Å². The molecule has 218 valence electrons. The molecule has 0 saturated carbocycles. The van der Waals surface area contributed by atoms with Gasteiger partial charge in [-0.25, -0.2) is 4.68 Å². The summed E-state index contributed by atoms with van der Waals surface area (Å²) >= 11 is 7.53. The highest BCUT2D eigenvalue weighted by Gasteiger charge is 2.23. The predicted molar refractivity (Wildman–Crippen MR) is 169 cm³/mol. The van der Waals surface area contributed by atoms with Gasteiger partial charge in [-0.05, 0) is 49.1 Å². The summed E-state index contributed by atoms with van der Waals surface area (Å²) in [6.45, 7) is 8.96. The van der Waals surface area contributed by atoms with E-state index in [4.69, 9.17) is 16.7 Å². The third-order valence-corrected chi connectivity index (χ3v) is 8.80. The number of halogens is 1. The molecule has 0 aliphatic carbocycles. The van der Waals surface area contributed by atoms with Crippen LogP contribution in [0, 0.1) is 11.3 Å². The lowest BCUT2D eigenvalue weighted by atomic mass is 9.91. The van der Waals surface area contributed by atoms with Crippen LogP contribution in [-0.2, 0) is 16.1 Å². The minimum absolute atomic E-state index is 0.106. The normalized spacial score (nSPS) is 15.4. The number of amides is 1. The SMILES string of the molecule is CC1CCN(C(=O)Cn2c(=CC(=O)C(C)(C)C)sc(=Cc3cn(-c4ccccc4)nc3-c3cccc(Cl)c3)c2=O)CC1. The number of nitrogens with zero attached hydrogens (tertiary/aromatic N) is 4. The Morgan fingerprint density at radius 1 is 1.07 bits per heavy atom. The number of rotatable bonds is 6. The molecule has 1 aliphatic rings. The zero-order chi connectivity index (χ0) is 30.0. The number of piperidine rings is 1. The molecule has 9 heteroatoms. The number of likely N-dealkylation sites (tertiary alicyclic amines) is 1. The number of aromatic nitrogens is 3. The van der Waals surface area contributed by atoms with Crippen molar-refractivity contribution in [3.8, 4) is 16.9 Å². The average molecular weight is 603 g/mol. The second-order valence-electron chi connectivity index (χ2n) is 11.9. The number of benzene rings is 2. The smallest absolute Gasteiger partial charge is 0.269 e. The van der Waals surface area contributed by atoms with E-state index in [1.54, 1.807) is 16.8 Å². The molecule has 2 aromatic heterocycles. The Morgan fingerprint density at radius 3 is 2.45 bits per heavy atom. The fraction of sp³-hybridized carbons (Fsp3) is 0.333. The first-order valence-corrected chi connectivity index (χ1v) is 15.4. The molecule has 2 aromatic carbocycles. The van der Waals surface area contributed by atoms with Crippen molar-refractivity contribution in [1.29, 1.82) is 0 Å². The lowest BCUT2D eigenvalue weighted by Gasteiger charge is -2.30. The summed E-state index contributed by atoms with van der Waals surface area (Å²) in [4.78, 5) is 42.0. The summed E-state index contributed by atoms with van der Waals surface area (Å²) in [5.41, 5.74) is 2.13. The quantitative estimate of drug-likeness (QED) is 0.315. The van der Waals surface area contributed by atoms with Gasteiger partial charge in [-0.15, -0.1) is 11.3 Å². The minimum atomic E-state index is -0.627. The Kier molecular flexibility index (Phi) is 8.66. The monoisotopic (exact) mass is 602 g/mol. The Morgan fingerprint density at radius 2 is 1.79 bits per heavy atom. The van der Waals surface area contributed by atoms with Gasteiger partial charge < -0.3 is 4.90 Å². The van der Waals surface area contributed by atoms with Crippen molar-refractivity contribution in [1.82, 2.24) is 19.2 Å².